The van der Waals surface area contributed by atoms with E-state index in [1.165, 1.54) is 0 Å². The summed E-state index contributed by atoms with van der Waals surface area (Å²) < 4.78 is 0. The maximum Gasteiger partial charge on any atom is 0.316 e. The van der Waals surface area contributed by atoms with Crippen LogP contribution in [0.4, 0.5) is 0 Å². The lowest BCUT2D eigenvalue weighted by Crippen LogP contribution is -2.06. The number of rotatable bonds is 1. The first kappa shape index (κ1) is 9.53. The van der Waals surface area contributed by atoms with Crippen LogP contribution >= 0.6 is 0 Å². The van der Waals surface area contributed by atoms with Gasteiger partial charge in [0.2, 0.25) is 5.91 Å². The fourth-order valence-corrected chi connectivity index (χ4v) is 0. The van der Waals surface area contributed by atoms with Crippen molar-refractivity contribution in [1.29, 1.82) is 0 Å². The van der Waals surface area contributed by atoms with Crippen LogP contribution < -0.4 is 5.73 Å². The van der Waals surface area contributed by atoms with Gasteiger partial charge in [-0.05, 0) is 0 Å². The Labute approximate surface area is 53.2 Å². The standard InChI is InChI=1S/C3H7NO.Mg.2H/c1-2-3(4)5;;;/h2H2,1H3,(H2,4,5);;;. The van der Waals surface area contributed by atoms with Crippen molar-refractivity contribution in [2.24, 2.45) is 5.73 Å². The van der Waals surface area contributed by atoms with Crippen LogP contribution in [-0.4, -0.2) is 29.0 Å². The first-order valence-corrected chi connectivity index (χ1v) is 1.55. The van der Waals surface area contributed by atoms with Crippen molar-refractivity contribution in [3.8, 4) is 0 Å². The summed E-state index contributed by atoms with van der Waals surface area (Å²) in [5.74, 6) is -0.245. The van der Waals surface area contributed by atoms with E-state index in [1.54, 1.807) is 6.92 Å². The summed E-state index contributed by atoms with van der Waals surface area (Å²) in [6, 6.07) is 0. The van der Waals surface area contributed by atoms with Crippen LogP contribution in [0.5, 0.6) is 0 Å². The molecule has 0 fully saturated rings. The maximum atomic E-state index is 9.59. The normalized spacial score (nSPS) is 6.17. The topological polar surface area (TPSA) is 43.1 Å². The van der Waals surface area contributed by atoms with Crippen LogP contribution in [0.15, 0.2) is 0 Å². The van der Waals surface area contributed by atoms with E-state index in [0.717, 1.165) is 0 Å². The van der Waals surface area contributed by atoms with Crippen molar-refractivity contribution in [3.05, 3.63) is 0 Å². The summed E-state index contributed by atoms with van der Waals surface area (Å²) in [6.45, 7) is 1.72. The van der Waals surface area contributed by atoms with Gasteiger partial charge in [-0.2, -0.15) is 0 Å². The first-order chi connectivity index (χ1) is 2.27. The number of hydrogen-bond donors (Lipinski definition) is 1. The SMILES string of the molecule is CCC(N)=O.[MgH2]. The molecule has 0 unspecified atom stereocenters. The first-order valence-electron chi connectivity index (χ1n) is 1.55. The lowest BCUT2D eigenvalue weighted by molar-refractivity contribution is -0.117. The Bertz CT molecular complexity index is 46.1. The molecule has 0 rings (SSSR count). The molecular formula is C3H9MgNO. The van der Waals surface area contributed by atoms with Crippen molar-refractivity contribution in [3.63, 3.8) is 0 Å². The zero-order chi connectivity index (χ0) is 4.28. The minimum Gasteiger partial charge on any atom is -0.370 e. The maximum absolute atomic E-state index is 9.59. The zero-order valence-corrected chi connectivity index (χ0v) is 3.19. The molecule has 34 valence electrons. The van der Waals surface area contributed by atoms with Crippen molar-refractivity contribution in [1.82, 2.24) is 0 Å². The van der Waals surface area contributed by atoms with Gasteiger partial charge in [-0.25, -0.2) is 0 Å². The molecule has 0 bridgehead atoms. The number of primary amides is 1. The lowest BCUT2D eigenvalue weighted by Gasteiger charge is -1.73. The predicted molar refractivity (Wildman–Crippen MR) is 28.0 cm³/mol. The second-order valence-electron chi connectivity index (χ2n) is 0.820. The van der Waals surface area contributed by atoms with Crippen LogP contribution in [0.2, 0.25) is 0 Å². The van der Waals surface area contributed by atoms with E-state index in [1.807, 2.05) is 0 Å². The molecule has 0 aromatic rings. The Hall–Kier alpha value is 0.236. The van der Waals surface area contributed by atoms with E-state index < -0.39 is 0 Å². The van der Waals surface area contributed by atoms with Gasteiger partial charge in [0.05, 0.1) is 0 Å². The Morgan fingerprint density at radius 3 is 2.00 bits per heavy atom. The summed E-state index contributed by atoms with van der Waals surface area (Å²) in [5.41, 5.74) is 4.65. The Balaban J connectivity index is 0. The summed E-state index contributed by atoms with van der Waals surface area (Å²) in [5, 5.41) is 0. The molecule has 0 aliphatic carbocycles. The van der Waals surface area contributed by atoms with E-state index in [9.17, 15) is 4.79 Å². The summed E-state index contributed by atoms with van der Waals surface area (Å²) in [7, 11) is 0. The predicted octanol–water partition coefficient (Wildman–Crippen LogP) is -1.03. The molecule has 3 heteroatoms. The van der Waals surface area contributed by atoms with E-state index in [2.05, 4.69) is 5.73 Å². The Morgan fingerprint density at radius 1 is 1.83 bits per heavy atom. The molecule has 0 saturated heterocycles. The zero-order valence-electron chi connectivity index (χ0n) is 3.19. The van der Waals surface area contributed by atoms with Crippen LogP contribution in [0, 0.1) is 0 Å². The lowest BCUT2D eigenvalue weighted by atomic mass is 10.5. The molecule has 0 aromatic heterocycles. The highest BCUT2D eigenvalue weighted by Gasteiger charge is 1.77. The minimum absolute atomic E-state index is 0. The van der Waals surface area contributed by atoms with Crippen LogP contribution in [-0.2, 0) is 4.79 Å². The third-order valence-corrected chi connectivity index (χ3v) is 0.348. The molecule has 2 N–H and O–H groups in total. The van der Waals surface area contributed by atoms with E-state index in [0.29, 0.717) is 6.42 Å². The van der Waals surface area contributed by atoms with Gasteiger partial charge in [-0.3, -0.25) is 4.79 Å². The molecular weight excluding hydrogens is 90.3 g/mol. The van der Waals surface area contributed by atoms with Crippen molar-refractivity contribution >= 4 is 29.0 Å². The largest absolute Gasteiger partial charge is 0.370 e. The van der Waals surface area contributed by atoms with Gasteiger partial charge >= 0.3 is 23.1 Å². The fourth-order valence-electron chi connectivity index (χ4n) is 0. The number of carbonyl (C=O) groups excluding carboxylic acids is 1. The third kappa shape index (κ3) is 8.87. The fraction of sp³-hybridized carbons (Fsp3) is 0.667. The van der Waals surface area contributed by atoms with Gasteiger partial charge in [0.1, 0.15) is 0 Å². The van der Waals surface area contributed by atoms with Crippen molar-refractivity contribution in [2.45, 2.75) is 13.3 Å². The number of amides is 1. The van der Waals surface area contributed by atoms with Gasteiger partial charge < -0.3 is 5.73 Å². The molecule has 0 aromatic carbocycles. The molecule has 0 spiro atoms. The van der Waals surface area contributed by atoms with Crippen molar-refractivity contribution < 1.29 is 4.79 Å². The molecule has 0 saturated carbocycles. The van der Waals surface area contributed by atoms with Crippen molar-refractivity contribution in [2.75, 3.05) is 0 Å². The quantitative estimate of drug-likeness (QED) is 0.420. The molecule has 0 radical (unpaired) electrons. The molecule has 1 amide bonds. The monoisotopic (exact) mass is 99.1 g/mol. The van der Waals surface area contributed by atoms with E-state index in [4.69, 9.17) is 0 Å². The van der Waals surface area contributed by atoms with Crippen LogP contribution in [0.1, 0.15) is 13.3 Å². The average molecular weight is 99.4 g/mol. The van der Waals surface area contributed by atoms with Gasteiger partial charge in [-0.15, -0.1) is 0 Å². The second kappa shape index (κ2) is 5.24. The molecule has 2 nitrogen and oxygen atoms in total. The second-order valence-corrected chi connectivity index (χ2v) is 0.820. The average Bonchev–Trinajstić information content (AvgIpc) is 1.38. The third-order valence-electron chi connectivity index (χ3n) is 0.348. The molecule has 0 aliphatic heterocycles. The highest BCUT2D eigenvalue weighted by atomic mass is 24.3. The van der Waals surface area contributed by atoms with Crippen LogP contribution in [0.3, 0.4) is 0 Å². The minimum atomic E-state index is -0.245. The van der Waals surface area contributed by atoms with Gasteiger partial charge in [-0.1, -0.05) is 6.92 Å². The molecule has 0 aliphatic rings. The summed E-state index contributed by atoms with van der Waals surface area (Å²) in [4.78, 5) is 9.59. The van der Waals surface area contributed by atoms with E-state index in [-0.39, 0.29) is 29.0 Å². The Morgan fingerprint density at radius 2 is 2.00 bits per heavy atom. The molecule has 0 atom stereocenters. The van der Waals surface area contributed by atoms with E-state index >= 15 is 0 Å². The number of nitrogens with two attached hydrogens (primary N) is 1. The van der Waals surface area contributed by atoms with Crippen LogP contribution in [0.25, 0.3) is 0 Å². The Kier molecular flexibility index (Phi) is 8.32. The summed E-state index contributed by atoms with van der Waals surface area (Å²) >= 11 is 0. The summed E-state index contributed by atoms with van der Waals surface area (Å²) in [6.07, 6.45) is 0.444. The number of carbonyl (C=O) groups is 1. The van der Waals surface area contributed by atoms with Gasteiger partial charge in [0, 0.05) is 6.42 Å². The smallest absolute Gasteiger partial charge is 0.316 e. The number of hydrogen-bond acceptors (Lipinski definition) is 1. The highest BCUT2D eigenvalue weighted by Crippen LogP contribution is 1.63. The van der Waals surface area contributed by atoms with Gasteiger partial charge in [0.25, 0.3) is 0 Å². The van der Waals surface area contributed by atoms with Gasteiger partial charge in [0.15, 0.2) is 0 Å². The molecule has 6 heavy (non-hydrogen) atoms. The molecule has 0 heterocycles. The highest BCUT2D eigenvalue weighted by molar-refractivity contribution is 5.75.